The molecule has 0 fully saturated rings. The normalized spacial score (nSPS) is 22.7. The fourth-order valence-electron chi connectivity index (χ4n) is 2.11. The first kappa shape index (κ1) is 13.6. The molecule has 0 amide bonds. The molecular formula is C13H11F3O3. The summed E-state index contributed by atoms with van der Waals surface area (Å²) >= 11 is 0. The van der Waals surface area contributed by atoms with Crippen molar-refractivity contribution in [3.05, 3.63) is 34.9 Å². The summed E-state index contributed by atoms with van der Waals surface area (Å²) in [5.41, 5.74) is -2.07. The molecule has 6 heteroatoms. The van der Waals surface area contributed by atoms with E-state index >= 15 is 0 Å². The number of carbonyl (C=O) groups excluding carboxylic acids is 2. The van der Waals surface area contributed by atoms with Gasteiger partial charge in [-0.1, -0.05) is 17.7 Å². The Morgan fingerprint density at radius 2 is 2.00 bits per heavy atom. The molecule has 0 bridgehead atoms. The van der Waals surface area contributed by atoms with Crippen LogP contribution in [0.5, 0.6) is 0 Å². The summed E-state index contributed by atoms with van der Waals surface area (Å²) in [6.45, 7) is 2.49. The predicted molar refractivity (Wildman–Crippen MR) is 59.8 cm³/mol. The van der Waals surface area contributed by atoms with Crippen molar-refractivity contribution in [3.63, 3.8) is 0 Å². The van der Waals surface area contributed by atoms with E-state index in [4.69, 9.17) is 0 Å². The number of esters is 1. The molecule has 19 heavy (non-hydrogen) atoms. The highest BCUT2D eigenvalue weighted by molar-refractivity contribution is 5.98. The number of carbonyl (C=O) groups is 2. The molecule has 1 aliphatic rings. The maximum absolute atomic E-state index is 13.1. The molecule has 0 spiro atoms. The molecule has 1 heterocycles. The van der Waals surface area contributed by atoms with E-state index < -0.39 is 30.0 Å². The van der Waals surface area contributed by atoms with Crippen molar-refractivity contribution >= 4 is 11.8 Å². The van der Waals surface area contributed by atoms with Crippen LogP contribution in [-0.2, 0) is 16.0 Å². The van der Waals surface area contributed by atoms with Crippen molar-refractivity contribution in [2.75, 3.05) is 0 Å². The molecular weight excluding hydrogens is 261 g/mol. The van der Waals surface area contributed by atoms with Crippen LogP contribution >= 0.6 is 0 Å². The van der Waals surface area contributed by atoms with Crippen molar-refractivity contribution < 1.29 is 27.5 Å². The summed E-state index contributed by atoms with van der Waals surface area (Å²) < 4.78 is 43.8. The van der Waals surface area contributed by atoms with Crippen LogP contribution in [0.25, 0.3) is 0 Å². The molecule has 0 N–H and O–H groups in total. The number of ketones is 1. The van der Waals surface area contributed by atoms with Gasteiger partial charge in [-0.3, -0.25) is 4.79 Å². The van der Waals surface area contributed by atoms with E-state index in [1.165, 1.54) is 12.1 Å². The minimum absolute atomic E-state index is 0.0844. The maximum atomic E-state index is 13.1. The van der Waals surface area contributed by atoms with Gasteiger partial charge in [0.15, 0.2) is 5.78 Å². The minimum atomic E-state index is -4.93. The molecule has 1 aromatic rings. The lowest BCUT2D eigenvalue weighted by atomic mass is 9.85. The molecule has 1 atom stereocenters. The van der Waals surface area contributed by atoms with E-state index in [1.807, 2.05) is 0 Å². The Morgan fingerprint density at radius 3 is 2.53 bits per heavy atom. The molecule has 1 aliphatic heterocycles. The summed E-state index contributed by atoms with van der Waals surface area (Å²) in [7, 11) is 0. The zero-order valence-corrected chi connectivity index (χ0v) is 10.3. The first-order chi connectivity index (χ1) is 8.67. The minimum Gasteiger partial charge on any atom is -0.437 e. The Morgan fingerprint density at radius 1 is 1.37 bits per heavy atom. The van der Waals surface area contributed by atoms with Gasteiger partial charge in [-0.05, 0) is 25.5 Å². The highest BCUT2D eigenvalue weighted by Gasteiger charge is 2.63. The van der Waals surface area contributed by atoms with E-state index in [-0.39, 0.29) is 11.1 Å². The third kappa shape index (κ3) is 2.01. The average molecular weight is 272 g/mol. The molecule has 0 saturated heterocycles. The standard InChI is InChI=1S/C13H11F3O3/c1-7-3-4-9-6-12(8(2)17,13(14,15)16)19-11(18)10(9)5-7/h3-5H,6H2,1-2H3. The zero-order chi connectivity index (χ0) is 14.4. The fraction of sp³-hybridized carbons (Fsp3) is 0.385. The van der Waals surface area contributed by atoms with Crippen LogP contribution in [0.15, 0.2) is 18.2 Å². The van der Waals surface area contributed by atoms with Gasteiger partial charge >= 0.3 is 12.1 Å². The van der Waals surface area contributed by atoms with Gasteiger partial charge in [-0.2, -0.15) is 13.2 Å². The van der Waals surface area contributed by atoms with Crippen molar-refractivity contribution in [2.45, 2.75) is 32.0 Å². The second kappa shape index (κ2) is 4.08. The van der Waals surface area contributed by atoms with E-state index in [1.54, 1.807) is 13.0 Å². The van der Waals surface area contributed by atoms with Crippen molar-refractivity contribution in [2.24, 2.45) is 0 Å². The number of cyclic esters (lactones) is 1. The van der Waals surface area contributed by atoms with Crippen LogP contribution in [0.3, 0.4) is 0 Å². The molecule has 1 aromatic carbocycles. The number of benzene rings is 1. The van der Waals surface area contributed by atoms with Crippen LogP contribution in [0.2, 0.25) is 0 Å². The lowest BCUT2D eigenvalue weighted by molar-refractivity contribution is -0.250. The number of ether oxygens (including phenoxy) is 1. The predicted octanol–water partition coefficient (Wildman–Crippen LogP) is 2.60. The monoisotopic (exact) mass is 272 g/mol. The number of hydrogen-bond donors (Lipinski definition) is 0. The molecule has 0 saturated carbocycles. The molecule has 0 aromatic heterocycles. The van der Waals surface area contributed by atoms with Crippen molar-refractivity contribution in [1.29, 1.82) is 0 Å². The van der Waals surface area contributed by atoms with Crippen LogP contribution < -0.4 is 0 Å². The Bertz CT molecular complexity index is 563. The first-order valence-electron chi connectivity index (χ1n) is 5.58. The second-order valence-electron chi connectivity index (χ2n) is 4.61. The van der Waals surface area contributed by atoms with Crippen LogP contribution in [0.1, 0.15) is 28.4 Å². The van der Waals surface area contributed by atoms with Crippen molar-refractivity contribution in [3.8, 4) is 0 Å². The van der Waals surface area contributed by atoms with Gasteiger partial charge < -0.3 is 4.74 Å². The highest BCUT2D eigenvalue weighted by atomic mass is 19.4. The van der Waals surface area contributed by atoms with Gasteiger partial charge in [-0.15, -0.1) is 0 Å². The number of fused-ring (bicyclic) bond motifs is 1. The smallest absolute Gasteiger partial charge is 0.436 e. The number of alkyl halides is 3. The Balaban J connectivity index is 2.58. The van der Waals surface area contributed by atoms with Gasteiger partial charge in [0.2, 0.25) is 0 Å². The molecule has 0 aliphatic carbocycles. The average Bonchev–Trinajstić information content (AvgIpc) is 2.28. The summed E-state index contributed by atoms with van der Waals surface area (Å²) in [4.78, 5) is 23.1. The van der Waals surface area contributed by atoms with E-state index in [0.29, 0.717) is 0 Å². The maximum Gasteiger partial charge on any atom is 0.436 e. The number of halogens is 3. The third-order valence-electron chi connectivity index (χ3n) is 3.22. The number of hydrogen-bond acceptors (Lipinski definition) is 3. The van der Waals surface area contributed by atoms with Crippen LogP contribution in [-0.4, -0.2) is 23.5 Å². The van der Waals surface area contributed by atoms with Crippen molar-refractivity contribution in [1.82, 2.24) is 0 Å². The molecule has 0 radical (unpaired) electrons. The number of rotatable bonds is 1. The quantitative estimate of drug-likeness (QED) is 0.738. The summed E-state index contributed by atoms with van der Waals surface area (Å²) in [6.07, 6.45) is -5.61. The number of Topliss-reactive ketones (excluding diaryl/α,β-unsaturated/α-hetero) is 1. The van der Waals surface area contributed by atoms with Gasteiger partial charge in [0.25, 0.3) is 5.60 Å². The fourth-order valence-corrected chi connectivity index (χ4v) is 2.11. The Hall–Kier alpha value is -1.85. The van der Waals surface area contributed by atoms with Crippen LogP contribution in [0, 0.1) is 6.92 Å². The Labute approximate surface area is 107 Å². The lowest BCUT2D eigenvalue weighted by Gasteiger charge is -2.36. The SMILES string of the molecule is CC(=O)C1(C(F)(F)F)Cc2ccc(C)cc2C(=O)O1. The Kier molecular flexibility index (Phi) is 2.91. The topological polar surface area (TPSA) is 43.4 Å². The number of aryl methyl sites for hydroxylation is 1. The molecule has 1 unspecified atom stereocenters. The third-order valence-corrected chi connectivity index (χ3v) is 3.22. The first-order valence-corrected chi connectivity index (χ1v) is 5.58. The second-order valence-corrected chi connectivity index (χ2v) is 4.61. The summed E-state index contributed by atoms with van der Waals surface area (Å²) in [5.74, 6) is -2.34. The van der Waals surface area contributed by atoms with Gasteiger partial charge in [-0.25, -0.2) is 4.79 Å². The zero-order valence-electron chi connectivity index (χ0n) is 10.3. The molecule has 3 nitrogen and oxygen atoms in total. The molecule has 2 rings (SSSR count). The van der Waals surface area contributed by atoms with E-state index in [2.05, 4.69) is 4.74 Å². The largest absolute Gasteiger partial charge is 0.437 e. The van der Waals surface area contributed by atoms with Gasteiger partial charge in [0.1, 0.15) is 0 Å². The van der Waals surface area contributed by atoms with Crippen LogP contribution in [0.4, 0.5) is 13.2 Å². The highest BCUT2D eigenvalue weighted by Crippen LogP contribution is 2.41. The summed E-state index contributed by atoms with van der Waals surface area (Å²) in [6, 6.07) is 4.48. The summed E-state index contributed by atoms with van der Waals surface area (Å²) in [5, 5.41) is 0. The van der Waals surface area contributed by atoms with E-state index in [9.17, 15) is 22.8 Å². The molecule has 102 valence electrons. The van der Waals surface area contributed by atoms with Gasteiger partial charge in [0, 0.05) is 6.42 Å². The van der Waals surface area contributed by atoms with Gasteiger partial charge in [0.05, 0.1) is 5.56 Å². The lowest BCUT2D eigenvalue weighted by Crippen LogP contribution is -2.58. The van der Waals surface area contributed by atoms with E-state index in [0.717, 1.165) is 12.5 Å².